The number of methoxy groups -OCH3 is 1. The van der Waals surface area contributed by atoms with Gasteiger partial charge in [0.25, 0.3) is 0 Å². The second kappa shape index (κ2) is 8.79. The van der Waals surface area contributed by atoms with Gasteiger partial charge >= 0.3 is 0 Å². The Morgan fingerprint density at radius 2 is 1.86 bits per heavy atom. The molecule has 1 aliphatic rings. The molecule has 118 valence electrons. The molecule has 1 aromatic rings. The van der Waals surface area contributed by atoms with Gasteiger partial charge in [-0.3, -0.25) is 0 Å². The maximum atomic E-state index is 5.37. The average molecular weight is 354 g/mol. The molecule has 21 heavy (non-hydrogen) atoms. The van der Waals surface area contributed by atoms with Crippen molar-refractivity contribution in [2.45, 2.75) is 57.4 Å². The first-order valence-electron chi connectivity index (χ1n) is 8.24. The van der Waals surface area contributed by atoms with Gasteiger partial charge in [-0.2, -0.15) is 0 Å². The van der Waals surface area contributed by atoms with Crippen molar-refractivity contribution in [2.24, 2.45) is 5.92 Å². The zero-order valence-electron chi connectivity index (χ0n) is 13.3. The highest BCUT2D eigenvalue weighted by atomic mass is 79.9. The van der Waals surface area contributed by atoms with Crippen LogP contribution in [0.5, 0.6) is 5.75 Å². The normalized spacial score (nSPS) is 18.8. The Kier molecular flexibility index (Phi) is 7.05. The van der Waals surface area contributed by atoms with Crippen molar-refractivity contribution >= 4 is 15.9 Å². The molecule has 0 saturated heterocycles. The molecule has 1 aliphatic carbocycles. The van der Waals surface area contributed by atoms with Gasteiger partial charge in [-0.25, -0.2) is 0 Å². The van der Waals surface area contributed by atoms with Crippen molar-refractivity contribution in [2.75, 3.05) is 14.2 Å². The summed E-state index contributed by atoms with van der Waals surface area (Å²) in [5.74, 6) is 1.74. The minimum atomic E-state index is 0.562. The third kappa shape index (κ3) is 5.00. The van der Waals surface area contributed by atoms with E-state index in [-0.39, 0.29) is 0 Å². The van der Waals surface area contributed by atoms with E-state index < -0.39 is 0 Å². The fourth-order valence-corrected chi connectivity index (χ4v) is 3.87. The third-order valence-electron chi connectivity index (χ3n) is 4.78. The van der Waals surface area contributed by atoms with Crippen LogP contribution < -0.4 is 10.1 Å². The molecule has 1 N–H and O–H groups in total. The number of ether oxygens (including phenoxy) is 1. The summed E-state index contributed by atoms with van der Waals surface area (Å²) in [6.45, 7) is 0. The summed E-state index contributed by atoms with van der Waals surface area (Å²) in [6, 6.07) is 6.83. The van der Waals surface area contributed by atoms with Crippen LogP contribution in [0.4, 0.5) is 0 Å². The Hall–Kier alpha value is -0.540. The second-order valence-electron chi connectivity index (χ2n) is 6.16. The standard InChI is InChI=1S/C18H28BrNO/c1-20-18(14-8-6-4-3-5-7-9-14)13-15-12-16(21-2)10-11-17(15)19/h10-12,14,18,20H,3-9,13H2,1-2H3. The molecule has 1 saturated carbocycles. The maximum absolute atomic E-state index is 5.37. The summed E-state index contributed by atoms with van der Waals surface area (Å²) in [5, 5.41) is 3.57. The van der Waals surface area contributed by atoms with E-state index >= 15 is 0 Å². The van der Waals surface area contributed by atoms with Crippen LogP contribution in [0, 0.1) is 5.92 Å². The number of benzene rings is 1. The van der Waals surface area contributed by atoms with Crippen molar-refractivity contribution < 1.29 is 4.74 Å². The minimum absolute atomic E-state index is 0.562. The number of hydrogen-bond donors (Lipinski definition) is 1. The highest BCUT2D eigenvalue weighted by Gasteiger charge is 2.22. The van der Waals surface area contributed by atoms with Gasteiger partial charge in [0.15, 0.2) is 0 Å². The number of rotatable bonds is 5. The van der Waals surface area contributed by atoms with Crippen LogP contribution in [0.25, 0.3) is 0 Å². The molecule has 0 aliphatic heterocycles. The minimum Gasteiger partial charge on any atom is -0.497 e. The van der Waals surface area contributed by atoms with Crippen molar-refractivity contribution in [1.29, 1.82) is 0 Å². The second-order valence-corrected chi connectivity index (χ2v) is 7.02. The fourth-order valence-electron chi connectivity index (χ4n) is 3.47. The quantitative estimate of drug-likeness (QED) is 0.808. The van der Waals surface area contributed by atoms with Crippen LogP contribution in [0.2, 0.25) is 0 Å². The SMILES string of the molecule is CNC(Cc1cc(OC)ccc1Br)C1CCCCCCC1. The summed E-state index contributed by atoms with van der Waals surface area (Å²) in [5.41, 5.74) is 1.34. The van der Waals surface area contributed by atoms with Crippen LogP contribution in [0.1, 0.15) is 50.5 Å². The Bertz CT molecular complexity index is 427. The molecule has 0 heterocycles. The van der Waals surface area contributed by atoms with E-state index in [2.05, 4.69) is 40.4 Å². The van der Waals surface area contributed by atoms with Gasteiger partial charge in [-0.05, 0) is 56.0 Å². The van der Waals surface area contributed by atoms with Crippen molar-refractivity contribution in [3.05, 3.63) is 28.2 Å². The fraction of sp³-hybridized carbons (Fsp3) is 0.667. The van der Waals surface area contributed by atoms with Gasteiger partial charge < -0.3 is 10.1 Å². The number of hydrogen-bond acceptors (Lipinski definition) is 2. The molecule has 0 aromatic heterocycles. The summed E-state index contributed by atoms with van der Waals surface area (Å²) < 4.78 is 6.56. The molecule has 0 amide bonds. The summed E-state index contributed by atoms with van der Waals surface area (Å²) in [7, 11) is 3.84. The Balaban J connectivity index is 2.06. The molecule has 1 atom stereocenters. The third-order valence-corrected chi connectivity index (χ3v) is 5.56. The Morgan fingerprint density at radius 3 is 2.48 bits per heavy atom. The monoisotopic (exact) mass is 353 g/mol. The van der Waals surface area contributed by atoms with Crippen LogP contribution >= 0.6 is 15.9 Å². The lowest BCUT2D eigenvalue weighted by Crippen LogP contribution is -2.36. The average Bonchev–Trinajstić information content (AvgIpc) is 2.47. The number of halogens is 1. The molecule has 3 heteroatoms. The summed E-state index contributed by atoms with van der Waals surface area (Å²) >= 11 is 3.69. The molecule has 0 spiro atoms. The molecule has 1 fully saturated rings. The van der Waals surface area contributed by atoms with E-state index in [1.807, 2.05) is 6.07 Å². The van der Waals surface area contributed by atoms with Gasteiger partial charge in [0, 0.05) is 10.5 Å². The Morgan fingerprint density at radius 1 is 1.19 bits per heavy atom. The molecule has 2 rings (SSSR count). The van der Waals surface area contributed by atoms with Crippen LogP contribution in [-0.2, 0) is 6.42 Å². The first kappa shape index (κ1) is 16.8. The van der Waals surface area contributed by atoms with Crippen molar-refractivity contribution in [1.82, 2.24) is 5.32 Å². The molecule has 0 radical (unpaired) electrons. The van der Waals surface area contributed by atoms with Gasteiger partial charge in [-0.1, -0.05) is 48.0 Å². The van der Waals surface area contributed by atoms with Crippen LogP contribution in [-0.4, -0.2) is 20.2 Å². The molecule has 2 nitrogen and oxygen atoms in total. The van der Waals surface area contributed by atoms with E-state index in [0.29, 0.717) is 6.04 Å². The first-order chi connectivity index (χ1) is 10.2. The lowest BCUT2D eigenvalue weighted by atomic mass is 9.83. The largest absolute Gasteiger partial charge is 0.497 e. The van der Waals surface area contributed by atoms with E-state index in [1.165, 1.54) is 55.0 Å². The summed E-state index contributed by atoms with van der Waals surface area (Å²) in [4.78, 5) is 0. The first-order valence-corrected chi connectivity index (χ1v) is 9.03. The van der Waals surface area contributed by atoms with Crippen LogP contribution in [0.15, 0.2) is 22.7 Å². The lowest BCUT2D eigenvalue weighted by molar-refractivity contribution is 0.293. The molecule has 0 bridgehead atoms. The van der Waals surface area contributed by atoms with Gasteiger partial charge in [0.1, 0.15) is 5.75 Å². The maximum Gasteiger partial charge on any atom is 0.119 e. The van der Waals surface area contributed by atoms with Crippen molar-refractivity contribution in [3.63, 3.8) is 0 Å². The van der Waals surface area contributed by atoms with E-state index in [4.69, 9.17) is 4.74 Å². The van der Waals surface area contributed by atoms with Gasteiger partial charge in [-0.15, -0.1) is 0 Å². The van der Waals surface area contributed by atoms with Gasteiger partial charge in [0.2, 0.25) is 0 Å². The molecule has 1 unspecified atom stereocenters. The zero-order valence-corrected chi connectivity index (χ0v) is 14.9. The Labute approximate surface area is 137 Å². The predicted molar refractivity (Wildman–Crippen MR) is 93.1 cm³/mol. The van der Waals surface area contributed by atoms with Gasteiger partial charge in [0.05, 0.1) is 7.11 Å². The number of likely N-dealkylation sites (N-methyl/N-ethyl adjacent to an activating group) is 1. The topological polar surface area (TPSA) is 21.3 Å². The highest BCUT2D eigenvalue weighted by Crippen LogP contribution is 2.29. The smallest absolute Gasteiger partial charge is 0.119 e. The van der Waals surface area contributed by atoms with E-state index in [1.54, 1.807) is 7.11 Å². The predicted octanol–water partition coefficient (Wildman–Crippen LogP) is 4.95. The van der Waals surface area contributed by atoms with Crippen molar-refractivity contribution in [3.8, 4) is 5.75 Å². The molecule has 1 aromatic carbocycles. The van der Waals surface area contributed by atoms with E-state index in [9.17, 15) is 0 Å². The number of nitrogens with one attached hydrogen (secondary N) is 1. The molecular formula is C18H28BrNO. The van der Waals surface area contributed by atoms with Crippen LogP contribution in [0.3, 0.4) is 0 Å². The summed E-state index contributed by atoms with van der Waals surface area (Å²) in [6.07, 6.45) is 10.8. The van der Waals surface area contributed by atoms with E-state index in [0.717, 1.165) is 18.1 Å². The zero-order chi connectivity index (χ0) is 15.1. The molecular weight excluding hydrogens is 326 g/mol. The lowest BCUT2D eigenvalue weighted by Gasteiger charge is -2.29. The highest BCUT2D eigenvalue weighted by molar-refractivity contribution is 9.10.